The van der Waals surface area contributed by atoms with Gasteiger partial charge in [0, 0.05) is 6.54 Å². The van der Waals surface area contributed by atoms with Crippen LogP contribution in [0.3, 0.4) is 0 Å². The van der Waals surface area contributed by atoms with Crippen LogP contribution in [0, 0.1) is 5.92 Å². The van der Waals surface area contributed by atoms with Gasteiger partial charge in [-0.3, -0.25) is 0 Å². The molecule has 0 saturated carbocycles. The number of hydrogen-bond donors (Lipinski definition) is 1. The first kappa shape index (κ1) is 17.8. The summed E-state index contributed by atoms with van der Waals surface area (Å²) in [5, 5.41) is 0. The van der Waals surface area contributed by atoms with E-state index in [-0.39, 0.29) is 0 Å². The van der Waals surface area contributed by atoms with Gasteiger partial charge in [0.05, 0.1) is 22.1 Å². The molecule has 1 aromatic carbocycles. The van der Waals surface area contributed by atoms with Gasteiger partial charge < -0.3 is 5.73 Å². The average Bonchev–Trinajstić information content (AvgIpc) is 2.33. The van der Waals surface area contributed by atoms with Gasteiger partial charge >= 0.3 is 12.4 Å². The Morgan fingerprint density at radius 1 is 1.05 bits per heavy atom. The molecule has 120 valence electrons. The van der Waals surface area contributed by atoms with Crippen molar-refractivity contribution in [1.82, 2.24) is 0 Å². The number of halogens is 6. The molecule has 1 unspecified atom stereocenters. The van der Waals surface area contributed by atoms with Crippen molar-refractivity contribution in [1.29, 1.82) is 0 Å². The van der Waals surface area contributed by atoms with E-state index in [9.17, 15) is 34.8 Å². The predicted molar refractivity (Wildman–Crippen MR) is 62.1 cm³/mol. The Balaban J connectivity index is 3.27. The Morgan fingerprint density at radius 2 is 1.57 bits per heavy atom. The minimum Gasteiger partial charge on any atom is -0.330 e. The van der Waals surface area contributed by atoms with Crippen LogP contribution in [0.2, 0.25) is 0 Å². The molecule has 2 N–H and O–H groups in total. The molecule has 0 amide bonds. The van der Waals surface area contributed by atoms with Crippen molar-refractivity contribution in [2.24, 2.45) is 11.7 Å². The standard InChI is InChI=1S/C11H11F6NO2S/c12-10(13,14)7(5-18)6-21(19,20)9-4-2-1-3-8(9)11(15,16)17/h1-4,7H,5-6,18H2. The van der Waals surface area contributed by atoms with E-state index in [1.54, 1.807) is 0 Å². The van der Waals surface area contributed by atoms with Gasteiger partial charge in [-0.25, -0.2) is 8.42 Å². The van der Waals surface area contributed by atoms with Gasteiger partial charge in [-0.2, -0.15) is 26.3 Å². The monoisotopic (exact) mass is 335 g/mol. The molecule has 0 saturated heterocycles. The summed E-state index contributed by atoms with van der Waals surface area (Å²) in [5.74, 6) is -3.95. The Hall–Kier alpha value is -1.29. The number of nitrogens with two attached hydrogens (primary N) is 1. The second-order valence-electron chi connectivity index (χ2n) is 4.25. The first-order chi connectivity index (χ1) is 9.39. The zero-order valence-electron chi connectivity index (χ0n) is 10.4. The fourth-order valence-electron chi connectivity index (χ4n) is 1.62. The molecule has 1 aromatic rings. The number of benzene rings is 1. The summed E-state index contributed by atoms with van der Waals surface area (Å²) in [6.07, 6.45) is -9.89. The number of sulfone groups is 1. The van der Waals surface area contributed by atoms with Crippen LogP contribution in [0.5, 0.6) is 0 Å². The van der Waals surface area contributed by atoms with E-state index < -0.39 is 50.9 Å². The van der Waals surface area contributed by atoms with Crippen LogP contribution in [0.1, 0.15) is 5.56 Å². The topological polar surface area (TPSA) is 60.2 Å². The van der Waals surface area contributed by atoms with Crippen LogP contribution >= 0.6 is 0 Å². The molecule has 1 rings (SSSR count). The third kappa shape index (κ3) is 4.34. The van der Waals surface area contributed by atoms with Crippen LogP contribution in [-0.4, -0.2) is 26.9 Å². The highest BCUT2D eigenvalue weighted by molar-refractivity contribution is 7.91. The Bertz CT molecular complexity index is 593. The highest BCUT2D eigenvalue weighted by atomic mass is 32.2. The molecule has 0 aliphatic rings. The molecule has 1 atom stereocenters. The van der Waals surface area contributed by atoms with Crippen molar-refractivity contribution >= 4 is 9.84 Å². The Morgan fingerprint density at radius 3 is 2.00 bits per heavy atom. The molecule has 0 bridgehead atoms. The fourth-order valence-corrected chi connectivity index (χ4v) is 3.46. The van der Waals surface area contributed by atoms with Crippen LogP contribution in [0.15, 0.2) is 29.2 Å². The van der Waals surface area contributed by atoms with Crippen molar-refractivity contribution < 1.29 is 34.8 Å². The lowest BCUT2D eigenvalue weighted by molar-refractivity contribution is -0.165. The molecule has 0 aliphatic carbocycles. The summed E-state index contributed by atoms with van der Waals surface area (Å²) < 4.78 is 99.5. The number of hydrogen-bond acceptors (Lipinski definition) is 3. The number of rotatable bonds is 4. The first-order valence-electron chi connectivity index (χ1n) is 5.55. The molecular formula is C11H11F6NO2S. The zero-order chi connectivity index (χ0) is 16.5. The lowest BCUT2D eigenvalue weighted by atomic mass is 10.2. The summed E-state index contributed by atoms with van der Waals surface area (Å²) in [6.45, 7) is -1.03. The van der Waals surface area contributed by atoms with Crippen molar-refractivity contribution in [3.8, 4) is 0 Å². The minimum atomic E-state index is -4.99. The van der Waals surface area contributed by atoms with E-state index in [0.717, 1.165) is 12.1 Å². The quantitative estimate of drug-likeness (QED) is 0.861. The summed E-state index contributed by atoms with van der Waals surface area (Å²) in [4.78, 5) is -1.18. The summed E-state index contributed by atoms with van der Waals surface area (Å²) in [7, 11) is -4.79. The Labute approximate surface area is 116 Å². The van der Waals surface area contributed by atoms with Crippen molar-refractivity contribution in [2.75, 3.05) is 12.3 Å². The lowest BCUT2D eigenvalue weighted by Crippen LogP contribution is -2.36. The maximum Gasteiger partial charge on any atom is 0.417 e. The number of alkyl halides is 6. The second-order valence-corrected chi connectivity index (χ2v) is 6.25. The second kappa shape index (κ2) is 5.84. The van der Waals surface area contributed by atoms with Gasteiger partial charge in [-0.05, 0) is 12.1 Å². The molecule has 0 aromatic heterocycles. The SMILES string of the molecule is NCC(CS(=O)(=O)c1ccccc1C(F)(F)F)C(F)(F)F. The van der Waals surface area contributed by atoms with E-state index in [4.69, 9.17) is 5.73 Å². The minimum absolute atomic E-state index is 0.498. The zero-order valence-corrected chi connectivity index (χ0v) is 11.2. The molecule has 0 spiro atoms. The third-order valence-corrected chi connectivity index (χ3v) is 4.56. The molecule has 10 heteroatoms. The van der Waals surface area contributed by atoms with Gasteiger partial charge in [0.2, 0.25) is 0 Å². The van der Waals surface area contributed by atoms with Crippen molar-refractivity contribution in [2.45, 2.75) is 17.2 Å². The lowest BCUT2D eigenvalue weighted by Gasteiger charge is -2.19. The van der Waals surface area contributed by atoms with Gasteiger partial charge in [-0.15, -0.1) is 0 Å². The van der Waals surface area contributed by atoms with E-state index in [1.807, 2.05) is 0 Å². The molecule has 0 radical (unpaired) electrons. The summed E-state index contributed by atoms with van der Waals surface area (Å²) in [5.41, 5.74) is 3.36. The molecule has 3 nitrogen and oxygen atoms in total. The molecule has 0 heterocycles. The average molecular weight is 335 g/mol. The molecular weight excluding hydrogens is 324 g/mol. The van der Waals surface area contributed by atoms with Crippen molar-refractivity contribution in [3.05, 3.63) is 29.8 Å². The van der Waals surface area contributed by atoms with E-state index in [2.05, 4.69) is 0 Å². The highest BCUT2D eigenvalue weighted by Crippen LogP contribution is 2.36. The van der Waals surface area contributed by atoms with Crippen LogP contribution in [0.4, 0.5) is 26.3 Å². The maximum absolute atomic E-state index is 12.7. The fraction of sp³-hybridized carbons (Fsp3) is 0.455. The van der Waals surface area contributed by atoms with Crippen molar-refractivity contribution in [3.63, 3.8) is 0 Å². The van der Waals surface area contributed by atoms with E-state index >= 15 is 0 Å². The van der Waals surface area contributed by atoms with Crippen LogP contribution < -0.4 is 5.73 Å². The van der Waals surface area contributed by atoms with E-state index in [1.165, 1.54) is 0 Å². The summed E-state index contributed by atoms with van der Waals surface area (Å²) in [6, 6.07) is 3.08. The maximum atomic E-state index is 12.7. The molecule has 21 heavy (non-hydrogen) atoms. The van der Waals surface area contributed by atoms with Gasteiger partial charge in [0.1, 0.15) is 0 Å². The summed E-state index contributed by atoms with van der Waals surface area (Å²) >= 11 is 0. The molecule has 0 fully saturated rings. The molecule has 0 aliphatic heterocycles. The van der Waals surface area contributed by atoms with E-state index in [0.29, 0.717) is 12.1 Å². The van der Waals surface area contributed by atoms with Gasteiger partial charge in [0.15, 0.2) is 9.84 Å². The Kier molecular flexibility index (Phi) is 4.94. The largest absolute Gasteiger partial charge is 0.417 e. The van der Waals surface area contributed by atoms with Crippen LogP contribution in [-0.2, 0) is 16.0 Å². The third-order valence-electron chi connectivity index (χ3n) is 2.70. The van der Waals surface area contributed by atoms with Gasteiger partial charge in [0.25, 0.3) is 0 Å². The smallest absolute Gasteiger partial charge is 0.330 e. The van der Waals surface area contributed by atoms with Gasteiger partial charge in [-0.1, -0.05) is 12.1 Å². The predicted octanol–water partition coefficient (Wildman–Crippen LogP) is 2.62. The first-order valence-corrected chi connectivity index (χ1v) is 7.20. The highest BCUT2D eigenvalue weighted by Gasteiger charge is 2.43. The normalized spacial score (nSPS) is 15.0. The van der Waals surface area contributed by atoms with Crippen LogP contribution in [0.25, 0.3) is 0 Å².